The van der Waals surface area contributed by atoms with Gasteiger partial charge in [0.1, 0.15) is 24.3 Å². The average Bonchev–Trinajstić information content (AvgIpc) is 2.82. The minimum absolute atomic E-state index is 0.0391. The summed E-state index contributed by atoms with van der Waals surface area (Å²) in [6.07, 6.45) is -4.28. The number of alkyl halides is 3. The largest absolute Gasteiger partial charge is 0.491 e. The number of carbonyl (C=O) groups is 2. The summed E-state index contributed by atoms with van der Waals surface area (Å²) < 4.78 is 56.5. The summed E-state index contributed by atoms with van der Waals surface area (Å²) in [5.74, 6) is -1.34. The number of hydrogen-bond donors (Lipinski definition) is 2. The molecule has 2 amide bonds. The molecule has 2 atom stereocenters. The van der Waals surface area contributed by atoms with E-state index in [-0.39, 0.29) is 49.5 Å². The lowest BCUT2D eigenvalue weighted by Gasteiger charge is -2.32. The maximum absolute atomic E-state index is 13.0. The van der Waals surface area contributed by atoms with Crippen molar-refractivity contribution in [3.05, 3.63) is 65.5 Å². The number of aliphatic hydroxyl groups is 1. The topological polar surface area (TPSA) is 78.9 Å². The number of rotatable bonds is 8. The maximum atomic E-state index is 13.0. The van der Waals surface area contributed by atoms with Gasteiger partial charge in [-0.25, -0.2) is 4.39 Å². The van der Waals surface area contributed by atoms with Gasteiger partial charge in [0.25, 0.3) is 0 Å². The number of hydrogen-bond acceptors (Lipinski definition) is 4. The first-order valence-corrected chi connectivity index (χ1v) is 10.9. The Kier molecular flexibility index (Phi) is 8.49. The second-order valence-electron chi connectivity index (χ2n) is 8.22. The van der Waals surface area contributed by atoms with E-state index < -0.39 is 23.8 Å². The summed E-state index contributed by atoms with van der Waals surface area (Å²) in [6.45, 7) is 0.326. The fourth-order valence-electron chi connectivity index (χ4n) is 3.68. The second kappa shape index (κ2) is 11.3. The van der Waals surface area contributed by atoms with E-state index >= 15 is 0 Å². The third kappa shape index (κ3) is 7.44. The monoisotopic (exact) mass is 482 g/mol. The van der Waals surface area contributed by atoms with Gasteiger partial charge >= 0.3 is 6.18 Å². The SMILES string of the molecule is O=C(NCC(O)COc1cccc(C(F)(F)F)c1)C1CCCN(C(=O)Cc2ccc(F)cc2)C1. The van der Waals surface area contributed by atoms with Gasteiger partial charge in [-0.1, -0.05) is 18.2 Å². The lowest BCUT2D eigenvalue weighted by atomic mass is 9.96. The molecule has 0 saturated carbocycles. The van der Waals surface area contributed by atoms with Crippen LogP contribution in [-0.4, -0.2) is 54.2 Å². The zero-order valence-corrected chi connectivity index (χ0v) is 18.4. The van der Waals surface area contributed by atoms with E-state index in [9.17, 15) is 32.3 Å². The summed E-state index contributed by atoms with van der Waals surface area (Å²) in [5.41, 5.74) is -0.175. The number of aliphatic hydroxyl groups excluding tert-OH is 1. The molecule has 10 heteroatoms. The van der Waals surface area contributed by atoms with E-state index in [1.165, 1.54) is 24.3 Å². The molecule has 0 bridgehead atoms. The van der Waals surface area contributed by atoms with Gasteiger partial charge in [-0.05, 0) is 48.7 Å². The van der Waals surface area contributed by atoms with Crippen LogP contribution in [0, 0.1) is 11.7 Å². The predicted octanol–water partition coefficient (Wildman–Crippen LogP) is 3.18. The van der Waals surface area contributed by atoms with Crippen LogP contribution in [0.5, 0.6) is 5.75 Å². The number of nitrogens with zero attached hydrogens (tertiary/aromatic N) is 1. The summed E-state index contributed by atoms with van der Waals surface area (Å²) in [5, 5.41) is 12.7. The highest BCUT2D eigenvalue weighted by molar-refractivity contribution is 5.82. The molecule has 6 nitrogen and oxygen atoms in total. The Labute approximate surface area is 194 Å². The van der Waals surface area contributed by atoms with E-state index in [2.05, 4.69) is 5.32 Å². The molecule has 0 aromatic heterocycles. The molecule has 1 saturated heterocycles. The molecule has 184 valence electrons. The Hall–Kier alpha value is -3.14. The van der Waals surface area contributed by atoms with E-state index in [1.54, 1.807) is 17.0 Å². The molecule has 2 aromatic carbocycles. The van der Waals surface area contributed by atoms with Crippen LogP contribution in [0.15, 0.2) is 48.5 Å². The molecule has 1 aliphatic heterocycles. The molecule has 0 spiro atoms. The fraction of sp³-hybridized carbons (Fsp3) is 0.417. The molecule has 34 heavy (non-hydrogen) atoms. The molecule has 2 N–H and O–H groups in total. The summed E-state index contributed by atoms with van der Waals surface area (Å²) in [4.78, 5) is 26.7. The normalized spacial score (nSPS) is 17.2. The van der Waals surface area contributed by atoms with Crippen LogP contribution < -0.4 is 10.1 Å². The quantitative estimate of drug-likeness (QED) is 0.567. The molecule has 0 radical (unpaired) electrons. The van der Waals surface area contributed by atoms with Crippen molar-refractivity contribution in [3.8, 4) is 5.75 Å². The van der Waals surface area contributed by atoms with E-state index in [0.717, 1.165) is 12.1 Å². The minimum Gasteiger partial charge on any atom is -0.491 e. The zero-order valence-electron chi connectivity index (χ0n) is 18.4. The molecular weight excluding hydrogens is 456 g/mol. The number of halogens is 4. The van der Waals surface area contributed by atoms with Crippen LogP contribution in [0.25, 0.3) is 0 Å². The van der Waals surface area contributed by atoms with Crippen molar-refractivity contribution in [1.29, 1.82) is 0 Å². The summed E-state index contributed by atoms with van der Waals surface area (Å²) in [7, 11) is 0. The Balaban J connectivity index is 1.43. The highest BCUT2D eigenvalue weighted by atomic mass is 19.4. The zero-order chi connectivity index (χ0) is 24.7. The Bertz CT molecular complexity index is 982. The fourth-order valence-corrected chi connectivity index (χ4v) is 3.68. The molecule has 1 fully saturated rings. The van der Waals surface area contributed by atoms with Crippen molar-refractivity contribution in [2.75, 3.05) is 26.2 Å². The first kappa shape index (κ1) is 25.5. The maximum Gasteiger partial charge on any atom is 0.416 e. The van der Waals surface area contributed by atoms with Gasteiger partial charge < -0.3 is 20.1 Å². The van der Waals surface area contributed by atoms with Gasteiger partial charge in [0.2, 0.25) is 11.8 Å². The van der Waals surface area contributed by atoms with Crippen LogP contribution in [-0.2, 0) is 22.2 Å². The van der Waals surface area contributed by atoms with Crippen molar-refractivity contribution in [2.24, 2.45) is 5.92 Å². The van der Waals surface area contributed by atoms with E-state index in [4.69, 9.17) is 4.74 Å². The molecule has 2 aromatic rings. The smallest absolute Gasteiger partial charge is 0.416 e. The highest BCUT2D eigenvalue weighted by Crippen LogP contribution is 2.31. The number of carbonyl (C=O) groups excluding carboxylic acids is 2. The van der Waals surface area contributed by atoms with Gasteiger partial charge in [-0.15, -0.1) is 0 Å². The van der Waals surface area contributed by atoms with Gasteiger partial charge in [-0.3, -0.25) is 9.59 Å². The van der Waals surface area contributed by atoms with Crippen LogP contribution >= 0.6 is 0 Å². The second-order valence-corrected chi connectivity index (χ2v) is 8.22. The molecular formula is C24H26F4N2O4. The number of benzene rings is 2. The Morgan fingerprint density at radius 3 is 2.62 bits per heavy atom. The van der Waals surface area contributed by atoms with Gasteiger partial charge in [-0.2, -0.15) is 13.2 Å². The third-order valence-corrected chi connectivity index (χ3v) is 5.53. The average molecular weight is 482 g/mol. The van der Waals surface area contributed by atoms with Crippen molar-refractivity contribution in [1.82, 2.24) is 10.2 Å². The number of piperidine rings is 1. The number of nitrogens with one attached hydrogen (secondary N) is 1. The summed E-state index contributed by atoms with van der Waals surface area (Å²) >= 11 is 0. The van der Waals surface area contributed by atoms with Crippen LogP contribution in [0.2, 0.25) is 0 Å². The van der Waals surface area contributed by atoms with Crippen molar-refractivity contribution in [3.63, 3.8) is 0 Å². The summed E-state index contributed by atoms with van der Waals surface area (Å²) in [6, 6.07) is 9.98. The number of amides is 2. The van der Waals surface area contributed by atoms with Crippen molar-refractivity contribution < 1.29 is 37.0 Å². The van der Waals surface area contributed by atoms with Crippen molar-refractivity contribution >= 4 is 11.8 Å². The first-order valence-electron chi connectivity index (χ1n) is 10.9. The lowest BCUT2D eigenvalue weighted by molar-refractivity contribution is -0.138. The number of ether oxygens (including phenoxy) is 1. The van der Waals surface area contributed by atoms with Gasteiger partial charge in [0.15, 0.2) is 0 Å². The predicted molar refractivity (Wildman–Crippen MR) is 115 cm³/mol. The van der Waals surface area contributed by atoms with E-state index in [0.29, 0.717) is 24.9 Å². The Morgan fingerprint density at radius 1 is 1.18 bits per heavy atom. The lowest BCUT2D eigenvalue weighted by Crippen LogP contribution is -2.47. The molecule has 3 rings (SSSR count). The standard InChI is InChI=1S/C24H26F4N2O4/c25-19-8-6-16(7-9-19)11-22(32)30-10-2-3-17(14-30)23(33)29-13-20(31)15-34-21-5-1-4-18(12-21)24(26,27)28/h1,4-9,12,17,20,31H,2-3,10-11,13-15H2,(H,29,33). The Morgan fingerprint density at radius 2 is 1.91 bits per heavy atom. The van der Waals surface area contributed by atoms with Crippen LogP contribution in [0.4, 0.5) is 17.6 Å². The molecule has 0 aliphatic carbocycles. The molecule has 1 heterocycles. The molecule has 1 aliphatic rings. The van der Waals surface area contributed by atoms with Crippen LogP contribution in [0.3, 0.4) is 0 Å². The minimum atomic E-state index is -4.50. The van der Waals surface area contributed by atoms with E-state index in [1.807, 2.05) is 0 Å². The third-order valence-electron chi connectivity index (χ3n) is 5.53. The van der Waals surface area contributed by atoms with Gasteiger partial charge in [0, 0.05) is 19.6 Å². The molecule has 2 unspecified atom stereocenters. The van der Waals surface area contributed by atoms with Crippen molar-refractivity contribution in [2.45, 2.75) is 31.5 Å². The first-order chi connectivity index (χ1) is 16.1. The highest BCUT2D eigenvalue weighted by Gasteiger charge is 2.31. The van der Waals surface area contributed by atoms with Crippen LogP contribution in [0.1, 0.15) is 24.0 Å². The van der Waals surface area contributed by atoms with Gasteiger partial charge in [0.05, 0.1) is 17.9 Å². The number of likely N-dealkylation sites (tertiary alicyclic amines) is 1.